The molecular weight excluding hydrogens is 262 g/mol. The second-order valence-corrected chi connectivity index (χ2v) is 3.59. The number of hydrogen-bond donors (Lipinski definition) is 2. The molecule has 0 spiro atoms. The maximum atomic E-state index is 11.7. The van der Waals surface area contributed by atoms with Crippen LogP contribution in [0.5, 0.6) is 0 Å². The first-order chi connectivity index (χ1) is 8.56. The highest BCUT2D eigenvalue weighted by Crippen LogP contribution is 2.13. The molecule has 92 valence electrons. The third-order valence-corrected chi connectivity index (χ3v) is 2.18. The van der Waals surface area contributed by atoms with Crippen molar-refractivity contribution in [1.29, 1.82) is 0 Å². The maximum Gasteiger partial charge on any atom is 0.287 e. The van der Waals surface area contributed by atoms with Gasteiger partial charge in [0.15, 0.2) is 5.82 Å². The highest BCUT2D eigenvalue weighted by Gasteiger charge is 2.14. The number of hydrogen-bond acceptors (Lipinski definition) is 5. The van der Waals surface area contributed by atoms with E-state index in [0.717, 1.165) is 12.3 Å². The molecule has 0 aromatic carbocycles. The smallest absolute Gasteiger partial charge is 0.287 e. The van der Waals surface area contributed by atoms with Gasteiger partial charge in [-0.3, -0.25) is 14.9 Å². The van der Waals surface area contributed by atoms with E-state index in [2.05, 4.69) is 20.3 Å². The Hall–Kier alpha value is -2.48. The molecule has 2 heterocycles. The first kappa shape index (κ1) is 12.0. The maximum absolute atomic E-state index is 11.7. The summed E-state index contributed by atoms with van der Waals surface area (Å²) in [6.45, 7) is 0. The quantitative estimate of drug-likeness (QED) is 0.648. The molecule has 0 unspecified atom stereocenters. The number of amides is 1. The second-order valence-electron chi connectivity index (χ2n) is 3.21. The van der Waals surface area contributed by atoms with Crippen LogP contribution in [0.15, 0.2) is 24.7 Å². The summed E-state index contributed by atoms with van der Waals surface area (Å²) >= 11 is 5.54. The molecule has 8 nitrogen and oxygen atoms in total. The molecule has 0 saturated heterocycles. The van der Waals surface area contributed by atoms with Gasteiger partial charge in [-0.05, 0) is 0 Å². The number of aromatic nitrogens is 3. The number of carbonyl (C=O) groups excluding carboxylic acids is 1. The van der Waals surface area contributed by atoms with Gasteiger partial charge in [-0.25, -0.2) is 9.97 Å². The van der Waals surface area contributed by atoms with Crippen LogP contribution >= 0.6 is 11.6 Å². The predicted octanol–water partition coefficient (Wildman–Crippen LogP) is 1.62. The minimum atomic E-state index is -0.602. The first-order valence-corrected chi connectivity index (χ1v) is 5.06. The Labute approximate surface area is 105 Å². The average Bonchev–Trinajstić information content (AvgIpc) is 2.81. The Balaban J connectivity index is 2.11. The monoisotopic (exact) mass is 267 g/mol. The van der Waals surface area contributed by atoms with Crippen molar-refractivity contribution in [3.63, 3.8) is 0 Å². The van der Waals surface area contributed by atoms with Crippen LogP contribution in [-0.4, -0.2) is 25.8 Å². The van der Waals surface area contributed by atoms with Crippen LogP contribution in [-0.2, 0) is 0 Å². The summed E-state index contributed by atoms with van der Waals surface area (Å²) in [5.74, 6) is -0.360. The van der Waals surface area contributed by atoms with Crippen molar-refractivity contribution in [3.05, 3.63) is 45.6 Å². The minimum Gasteiger partial charge on any atom is -0.351 e. The van der Waals surface area contributed by atoms with Gasteiger partial charge in [0.1, 0.15) is 10.8 Å². The van der Waals surface area contributed by atoms with E-state index in [0.29, 0.717) is 0 Å². The summed E-state index contributed by atoms with van der Waals surface area (Å²) in [5, 5.41) is 13.1. The van der Waals surface area contributed by atoms with E-state index in [1.54, 1.807) is 0 Å². The lowest BCUT2D eigenvalue weighted by atomic mass is 10.4. The molecule has 0 radical (unpaired) electrons. The number of H-pyrrole nitrogens is 1. The van der Waals surface area contributed by atoms with Gasteiger partial charge >= 0.3 is 0 Å². The molecule has 18 heavy (non-hydrogen) atoms. The normalized spacial score (nSPS) is 10.1. The van der Waals surface area contributed by atoms with E-state index >= 15 is 0 Å². The molecule has 2 rings (SSSR count). The lowest BCUT2D eigenvalue weighted by Gasteiger charge is -2.01. The topological polar surface area (TPSA) is 114 Å². The Morgan fingerprint density at radius 1 is 1.44 bits per heavy atom. The number of halogens is 1. The van der Waals surface area contributed by atoms with Gasteiger partial charge in [-0.2, -0.15) is 0 Å². The molecule has 0 bridgehead atoms. The van der Waals surface area contributed by atoms with E-state index < -0.39 is 10.8 Å². The van der Waals surface area contributed by atoms with Gasteiger partial charge in [-0.1, -0.05) is 11.6 Å². The van der Waals surface area contributed by atoms with Gasteiger partial charge in [0.05, 0.1) is 23.5 Å². The zero-order chi connectivity index (χ0) is 13.1. The van der Waals surface area contributed by atoms with Crippen LogP contribution < -0.4 is 5.32 Å². The fraction of sp³-hybridized carbons (Fsp3) is 0. The summed E-state index contributed by atoms with van der Waals surface area (Å²) in [6.07, 6.45) is 3.67. The van der Waals surface area contributed by atoms with E-state index in [1.165, 1.54) is 12.4 Å². The van der Waals surface area contributed by atoms with Gasteiger partial charge < -0.3 is 10.3 Å². The fourth-order valence-corrected chi connectivity index (χ4v) is 1.28. The molecule has 0 aliphatic rings. The van der Waals surface area contributed by atoms with Crippen molar-refractivity contribution in [2.45, 2.75) is 0 Å². The van der Waals surface area contributed by atoms with Crippen LogP contribution in [0.4, 0.5) is 11.5 Å². The molecule has 0 aliphatic heterocycles. The van der Waals surface area contributed by atoms with E-state index in [4.69, 9.17) is 11.6 Å². The zero-order valence-electron chi connectivity index (χ0n) is 8.75. The van der Waals surface area contributed by atoms with Crippen molar-refractivity contribution >= 4 is 29.0 Å². The number of nitrogens with one attached hydrogen (secondary N) is 2. The lowest BCUT2D eigenvalue weighted by molar-refractivity contribution is -0.384. The fourth-order valence-electron chi connectivity index (χ4n) is 1.18. The predicted molar refractivity (Wildman–Crippen MR) is 62.4 cm³/mol. The summed E-state index contributed by atoms with van der Waals surface area (Å²) in [4.78, 5) is 31.5. The van der Waals surface area contributed by atoms with Gasteiger partial charge in [0.25, 0.3) is 11.6 Å². The molecular formula is C9H6ClN5O3. The molecule has 0 saturated carbocycles. The molecule has 1 amide bonds. The molecule has 0 aliphatic carbocycles. The van der Waals surface area contributed by atoms with Crippen molar-refractivity contribution < 1.29 is 9.72 Å². The largest absolute Gasteiger partial charge is 0.351 e. The number of nitro groups is 1. The van der Waals surface area contributed by atoms with Crippen LogP contribution in [0, 0.1) is 10.1 Å². The van der Waals surface area contributed by atoms with Crippen LogP contribution in [0.2, 0.25) is 5.15 Å². The number of rotatable bonds is 3. The van der Waals surface area contributed by atoms with Crippen molar-refractivity contribution in [2.24, 2.45) is 0 Å². The number of carbonyl (C=O) groups is 1. The van der Waals surface area contributed by atoms with E-state index in [9.17, 15) is 14.9 Å². The lowest BCUT2D eigenvalue weighted by Crippen LogP contribution is -2.13. The first-order valence-electron chi connectivity index (χ1n) is 4.68. The summed E-state index contributed by atoms with van der Waals surface area (Å²) < 4.78 is 0. The zero-order valence-corrected chi connectivity index (χ0v) is 9.51. The van der Waals surface area contributed by atoms with E-state index in [-0.39, 0.29) is 22.4 Å². The molecule has 2 N–H and O–H groups in total. The number of anilines is 1. The molecule has 0 atom stereocenters. The van der Waals surface area contributed by atoms with Crippen molar-refractivity contribution in [3.8, 4) is 0 Å². The van der Waals surface area contributed by atoms with E-state index in [1.807, 2.05) is 0 Å². The van der Waals surface area contributed by atoms with Gasteiger partial charge in [0.2, 0.25) is 0 Å². The number of nitrogens with zero attached hydrogens (tertiary/aromatic N) is 3. The third kappa shape index (κ3) is 2.61. The highest BCUT2D eigenvalue weighted by atomic mass is 35.5. The number of aromatic amines is 1. The third-order valence-electron chi connectivity index (χ3n) is 1.99. The van der Waals surface area contributed by atoms with Crippen LogP contribution in [0.1, 0.15) is 10.5 Å². The Kier molecular flexibility index (Phi) is 3.20. The summed E-state index contributed by atoms with van der Waals surface area (Å²) in [6, 6.07) is 1.12. The minimum absolute atomic E-state index is 0.0541. The van der Waals surface area contributed by atoms with Crippen molar-refractivity contribution in [1.82, 2.24) is 15.0 Å². The second kappa shape index (κ2) is 4.80. The molecule has 9 heteroatoms. The molecule has 0 fully saturated rings. The van der Waals surface area contributed by atoms with Crippen LogP contribution in [0.25, 0.3) is 0 Å². The van der Waals surface area contributed by atoms with Crippen molar-refractivity contribution in [2.75, 3.05) is 5.32 Å². The highest BCUT2D eigenvalue weighted by molar-refractivity contribution is 6.29. The van der Waals surface area contributed by atoms with Gasteiger partial charge in [0, 0.05) is 6.07 Å². The van der Waals surface area contributed by atoms with Gasteiger partial charge in [-0.15, -0.1) is 0 Å². The standard InChI is InChI=1S/C9H6ClN5O3/c10-7-3-13-8(4-12-7)14-9(16)6-1-5(2-11-6)15(17)18/h1-4,11H,(H,13,14,16). The Morgan fingerprint density at radius 3 is 2.78 bits per heavy atom. The summed E-state index contributed by atoms with van der Waals surface area (Å²) in [5.41, 5.74) is -0.138. The van der Waals surface area contributed by atoms with Crippen LogP contribution in [0.3, 0.4) is 0 Å². The Bertz CT molecular complexity index is 595. The average molecular weight is 268 g/mol. The summed E-state index contributed by atoms with van der Waals surface area (Å²) in [7, 11) is 0. The SMILES string of the molecule is O=C(Nc1cnc(Cl)cn1)c1cc([N+](=O)[O-])c[nH]1. The Morgan fingerprint density at radius 2 is 2.22 bits per heavy atom. The molecule has 2 aromatic heterocycles. The molecule has 2 aromatic rings.